The van der Waals surface area contributed by atoms with Crippen LogP contribution in [0.15, 0.2) is 18.2 Å². The molecule has 1 aromatic carbocycles. The van der Waals surface area contributed by atoms with Gasteiger partial charge in [0.1, 0.15) is 0 Å². The number of rotatable bonds is 8. The lowest BCUT2D eigenvalue weighted by Crippen LogP contribution is -2.25. The summed E-state index contributed by atoms with van der Waals surface area (Å²) in [7, 11) is 0. The molecule has 0 heterocycles. The van der Waals surface area contributed by atoms with Crippen LogP contribution in [0.2, 0.25) is 0 Å². The quantitative estimate of drug-likeness (QED) is 0.385. The van der Waals surface area contributed by atoms with Crippen LogP contribution >= 0.6 is 0 Å². The molecule has 0 bridgehead atoms. The lowest BCUT2D eigenvalue weighted by Gasteiger charge is -2.22. The van der Waals surface area contributed by atoms with Crippen molar-refractivity contribution < 1.29 is 19.1 Å². The molecule has 29 heavy (non-hydrogen) atoms. The fraction of sp³-hybridized carbons (Fsp3) is 0.667. The highest BCUT2D eigenvalue weighted by Crippen LogP contribution is 2.33. The average Bonchev–Trinajstić information content (AvgIpc) is 2.76. The van der Waals surface area contributed by atoms with E-state index in [1.165, 1.54) is 12.8 Å². The summed E-state index contributed by atoms with van der Waals surface area (Å²) in [5.74, 6) is 0.286. The molecule has 0 radical (unpaired) electrons. The van der Waals surface area contributed by atoms with Crippen LogP contribution in [0.1, 0.15) is 76.7 Å². The number of nitrogens with one attached hydrogen (secondary N) is 1. The minimum Gasteiger partial charge on any atom is -0.422 e. The summed E-state index contributed by atoms with van der Waals surface area (Å²) in [5, 5.41) is 3.31. The number of carbonyl (C=O) groups is 2. The molecule has 0 aliphatic heterocycles. The van der Waals surface area contributed by atoms with Crippen molar-refractivity contribution in [1.82, 2.24) is 5.32 Å². The van der Waals surface area contributed by atoms with Crippen molar-refractivity contribution in [2.45, 2.75) is 77.6 Å². The summed E-state index contributed by atoms with van der Waals surface area (Å²) < 4.78 is 11.5. The monoisotopic (exact) mass is 401 g/mol. The first-order valence-corrected chi connectivity index (χ1v) is 11.4. The van der Waals surface area contributed by atoms with Crippen molar-refractivity contribution >= 4 is 11.9 Å². The molecule has 1 N–H and O–H groups in total. The van der Waals surface area contributed by atoms with Crippen molar-refractivity contribution in [2.24, 2.45) is 11.8 Å². The van der Waals surface area contributed by atoms with E-state index in [1.807, 2.05) is 12.1 Å². The molecule has 5 heteroatoms. The molecule has 0 amide bonds. The minimum absolute atomic E-state index is 0.0425. The Bertz CT molecular complexity index is 675. The SMILES string of the molecule is CCNCCc1ccc(OC(=O)C2CCCCC2)c(OC(=O)C2CCCCC2)c1. The second-order valence-corrected chi connectivity index (χ2v) is 8.40. The van der Waals surface area contributed by atoms with E-state index in [9.17, 15) is 9.59 Å². The number of esters is 2. The first kappa shape index (κ1) is 21.8. The molecule has 2 aliphatic carbocycles. The summed E-state index contributed by atoms with van der Waals surface area (Å²) in [5.41, 5.74) is 1.06. The highest BCUT2D eigenvalue weighted by Gasteiger charge is 2.27. The maximum absolute atomic E-state index is 12.7. The average molecular weight is 402 g/mol. The molecular formula is C24H35NO4. The van der Waals surface area contributed by atoms with Gasteiger partial charge in [-0.1, -0.05) is 51.5 Å². The van der Waals surface area contributed by atoms with E-state index in [0.29, 0.717) is 11.5 Å². The van der Waals surface area contributed by atoms with Crippen molar-refractivity contribution in [1.29, 1.82) is 0 Å². The fourth-order valence-corrected chi connectivity index (χ4v) is 4.34. The van der Waals surface area contributed by atoms with Gasteiger partial charge in [-0.3, -0.25) is 9.59 Å². The van der Waals surface area contributed by atoms with Crippen LogP contribution in [0.3, 0.4) is 0 Å². The number of hydrogen-bond donors (Lipinski definition) is 1. The minimum atomic E-state index is -0.194. The van der Waals surface area contributed by atoms with Gasteiger partial charge < -0.3 is 14.8 Å². The Morgan fingerprint density at radius 1 is 0.862 bits per heavy atom. The van der Waals surface area contributed by atoms with Gasteiger partial charge in [0.15, 0.2) is 11.5 Å². The molecular weight excluding hydrogens is 366 g/mol. The molecule has 2 fully saturated rings. The first-order chi connectivity index (χ1) is 14.2. The topological polar surface area (TPSA) is 64.6 Å². The smallest absolute Gasteiger partial charge is 0.314 e. The van der Waals surface area contributed by atoms with Crippen LogP contribution in [0, 0.1) is 11.8 Å². The van der Waals surface area contributed by atoms with Gasteiger partial charge in [0.05, 0.1) is 11.8 Å². The Kier molecular flexibility index (Phi) is 8.53. The maximum atomic E-state index is 12.7. The lowest BCUT2D eigenvalue weighted by atomic mass is 9.89. The van der Waals surface area contributed by atoms with E-state index in [2.05, 4.69) is 12.2 Å². The second-order valence-electron chi connectivity index (χ2n) is 8.40. The molecule has 5 nitrogen and oxygen atoms in total. The highest BCUT2D eigenvalue weighted by molar-refractivity contribution is 5.78. The van der Waals surface area contributed by atoms with Crippen molar-refractivity contribution in [3.63, 3.8) is 0 Å². The zero-order chi connectivity index (χ0) is 20.5. The van der Waals surface area contributed by atoms with E-state index < -0.39 is 0 Å². The second kappa shape index (κ2) is 11.3. The number of ether oxygens (including phenoxy) is 2. The van der Waals surface area contributed by atoms with Crippen molar-refractivity contribution in [3.05, 3.63) is 23.8 Å². The zero-order valence-electron chi connectivity index (χ0n) is 17.7. The summed E-state index contributed by atoms with van der Waals surface area (Å²) >= 11 is 0. The molecule has 160 valence electrons. The van der Waals surface area contributed by atoms with Gasteiger partial charge in [0, 0.05) is 0 Å². The lowest BCUT2D eigenvalue weighted by molar-refractivity contribution is -0.142. The largest absolute Gasteiger partial charge is 0.422 e. The molecule has 3 rings (SSSR count). The summed E-state index contributed by atoms with van der Waals surface area (Å²) in [6, 6.07) is 5.60. The summed E-state index contributed by atoms with van der Waals surface area (Å²) in [6.45, 7) is 3.85. The standard InChI is InChI=1S/C24H35NO4/c1-2-25-16-15-18-13-14-21(28-23(26)19-9-5-3-6-10-19)22(17-18)29-24(27)20-11-7-4-8-12-20/h13-14,17,19-20,25H,2-12,15-16H2,1H3. The van der Waals surface area contributed by atoms with E-state index in [1.54, 1.807) is 6.07 Å². The number of likely N-dealkylation sites (N-methyl/N-ethyl adjacent to an activating group) is 1. The zero-order valence-corrected chi connectivity index (χ0v) is 17.7. The van der Waals surface area contributed by atoms with E-state index in [-0.39, 0.29) is 23.8 Å². The summed E-state index contributed by atoms with van der Waals surface area (Å²) in [6.07, 6.45) is 11.1. The van der Waals surface area contributed by atoms with Gasteiger partial charge in [-0.2, -0.15) is 0 Å². The number of hydrogen-bond acceptors (Lipinski definition) is 5. The molecule has 1 aromatic rings. The van der Waals surface area contributed by atoms with Crippen LogP contribution in [0.25, 0.3) is 0 Å². The van der Waals surface area contributed by atoms with E-state index in [4.69, 9.17) is 9.47 Å². The maximum Gasteiger partial charge on any atom is 0.314 e. The first-order valence-electron chi connectivity index (χ1n) is 11.4. The normalized spacial score (nSPS) is 18.4. The van der Waals surface area contributed by atoms with Crippen LogP contribution in [-0.2, 0) is 16.0 Å². The number of carbonyl (C=O) groups excluding carboxylic acids is 2. The molecule has 2 aliphatic rings. The predicted octanol–water partition coefficient (Wildman–Crippen LogP) is 4.81. The van der Waals surface area contributed by atoms with Gasteiger partial charge in [0.2, 0.25) is 0 Å². The van der Waals surface area contributed by atoms with Gasteiger partial charge in [-0.15, -0.1) is 0 Å². The molecule has 0 unspecified atom stereocenters. The third-order valence-electron chi connectivity index (χ3n) is 6.15. The van der Waals surface area contributed by atoms with E-state index >= 15 is 0 Å². The highest BCUT2D eigenvalue weighted by atomic mass is 16.6. The van der Waals surface area contributed by atoms with Gasteiger partial charge >= 0.3 is 11.9 Å². The van der Waals surface area contributed by atoms with Gasteiger partial charge in [-0.05, 0) is 62.9 Å². The molecule has 0 aromatic heterocycles. The Morgan fingerprint density at radius 3 is 1.97 bits per heavy atom. The fourth-order valence-electron chi connectivity index (χ4n) is 4.34. The van der Waals surface area contributed by atoms with Crippen LogP contribution in [0.4, 0.5) is 0 Å². The van der Waals surface area contributed by atoms with Gasteiger partial charge in [-0.25, -0.2) is 0 Å². The van der Waals surface area contributed by atoms with Crippen LogP contribution in [-0.4, -0.2) is 25.0 Å². The molecule has 2 saturated carbocycles. The number of benzene rings is 1. The summed E-state index contributed by atoms with van der Waals surface area (Å²) in [4.78, 5) is 25.3. The van der Waals surface area contributed by atoms with Crippen molar-refractivity contribution in [3.8, 4) is 11.5 Å². The Labute approximate surface area is 174 Å². The molecule has 0 atom stereocenters. The van der Waals surface area contributed by atoms with Crippen LogP contribution in [0.5, 0.6) is 11.5 Å². The third-order valence-corrected chi connectivity index (χ3v) is 6.15. The van der Waals surface area contributed by atoms with E-state index in [0.717, 1.165) is 76.4 Å². The molecule has 0 saturated heterocycles. The Balaban J connectivity index is 1.72. The Morgan fingerprint density at radius 2 is 1.41 bits per heavy atom. The molecule has 0 spiro atoms. The van der Waals surface area contributed by atoms with Crippen LogP contribution < -0.4 is 14.8 Å². The predicted molar refractivity (Wildman–Crippen MR) is 113 cm³/mol. The van der Waals surface area contributed by atoms with Crippen molar-refractivity contribution in [2.75, 3.05) is 13.1 Å². The van der Waals surface area contributed by atoms with Gasteiger partial charge in [0.25, 0.3) is 0 Å². The third kappa shape index (κ3) is 6.56. The Hall–Kier alpha value is -1.88.